The molecule has 0 saturated heterocycles. The van der Waals surface area contributed by atoms with Crippen LogP contribution in [0.25, 0.3) is 5.57 Å². The average molecular weight is 159 g/mol. The molecule has 60 valence electrons. The van der Waals surface area contributed by atoms with Gasteiger partial charge in [0.15, 0.2) is 0 Å². The number of aliphatic imine (C=N–C) groups is 1. The zero-order chi connectivity index (χ0) is 8.81. The maximum absolute atomic E-state index is 9.80. The van der Waals surface area contributed by atoms with Gasteiger partial charge in [-0.05, 0) is 18.1 Å². The van der Waals surface area contributed by atoms with Gasteiger partial charge >= 0.3 is 0 Å². The minimum absolute atomic E-state index is 0.957. The predicted molar refractivity (Wildman–Crippen MR) is 48.2 cm³/mol. The normalized spacial score (nSPS) is 10.6. The molecule has 2 heteroatoms. The molecule has 0 unspecified atom stereocenters. The van der Waals surface area contributed by atoms with Crippen LogP contribution in [0.3, 0.4) is 0 Å². The number of nitrogens with zero attached hydrogens (tertiary/aromatic N) is 1. The second-order valence-corrected chi connectivity index (χ2v) is 2.40. The minimum atomic E-state index is 0.957. The van der Waals surface area contributed by atoms with Crippen molar-refractivity contribution >= 4 is 11.7 Å². The quantitative estimate of drug-likeness (QED) is 0.481. The van der Waals surface area contributed by atoms with Crippen molar-refractivity contribution < 1.29 is 4.79 Å². The maximum atomic E-state index is 9.80. The number of benzene rings is 1. The summed E-state index contributed by atoms with van der Waals surface area (Å²) in [5, 5.41) is 0. The van der Waals surface area contributed by atoms with Crippen LogP contribution >= 0.6 is 0 Å². The van der Waals surface area contributed by atoms with Gasteiger partial charge in [0.1, 0.15) is 0 Å². The van der Waals surface area contributed by atoms with Crippen molar-refractivity contribution in [2.75, 3.05) is 0 Å². The first kappa shape index (κ1) is 8.44. The highest BCUT2D eigenvalue weighted by Crippen LogP contribution is 2.11. The van der Waals surface area contributed by atoms with Crippen molar-refractivity contribution in [3.63, 3.8) is 0 Å². The molecule has 0 spiro atoms. The third-order valence-electron chi connectivity index (χ3n) is 1.54. The van der Waals surface area contributed by atoms with Gasteiger partial charge in [-0.25, -0.2) is 4.79 Å². The van der Waals surface area contributed by atoms with Crippen LogP contribution in [0.4, 0.5) is 0 Å². The maximum Gasteiger partial charge on any atom is 0.239 e. The Labute approximate surface area is 71.3 Å². The van der Waals surface area contributed by atoms with Gasteiger partial charge in [0.05, 0.1) is 0 Å². The number of rotatable bonds is 2. The molecule has 2 nitrogen and oxygen atoms in total. The van der Waals surface area contributed by atoms with Crippen LogP contribution in [0.1, 0.15) is 12.5 Å². The SMILES string of the molecule is C/C(=C\N=C=O)c1ccccc1. The molecule has 0 radical (unpaired) electrons. The first-order valence-electron chi connectivity index (χ1n) is 3.64. The number of allylic oxidation sites excluding steroid dienone is 1. The van der Waals surface area contributed by atoms with Crippen LogP contribution in [0.5, 0.6) is 0 Å². The van der Waals surface area contributed by atoms with Crippen molar-refractivity contribution in [2.45, 2.75) is 6.92 Å². The summed E-state index contributed by atoms with van der Waals surface area (Å²) in [4.78, 5) is 13.2. The van der Waals surface area contributed by atoms with E-state index in [-0.39, 0.29) is 0 Å². The van der Waals surface area contributed by atoms with Gasteiger partial charge in [-0.1, -0.05) is 30.3 Å². The highest BCUT2D eigenvalue weighted by Gasteiger charge is 1.90. The molecule has 0 atom stereocenters. The van der Waals surface area contributed by atoms with Crippen LogP contribution in [-0.4, -0.2) is 6.08 Å². The molecule has 0 aromatic heterocycles. The Balaban J connectivity index is 2.92. The first-order valence-corrected chi connectivity index (χ1v) is 3.64. The summed E-state index contributed by atoms with van der Waals surface area (Å²) in [6.07, 6.45) is 2.97. The smallest absolute Gasteiger partial charge is 0.211 e. The molecule has 1 aromatic rings. The average Bonchev–Trinajstić information content (AvgIpc) is 2.15. The standard InChI is InChI=1S/C10H9NO/c1-9(7-11-8-12)10-5-3-2-4-6-10/h2-7H,1H3/b9-7+. The van der Waals surface area contributed by atoms with Gasteiger partial charge in [-0.15, -0.1) is 0 Å². The van der Waals surface area contributed by atoms with Crippen molar-refractivity contribution in [3.05, 3.63) is 42.1 Å². The Hall–Kier alpha value is -1.66. The zero-order valence-electron chi connectivity index (χ0n) is 6.82. The minimum Gasteiger partial charge on any atom is -0.211 e. The molecule has 0 N–H and O–H groups in total. The topological polar surface area (TPSA) is 29.4 Å². The lowest BCUT2D eigenvalue weighted by molar-refractivity contribution is 0.565. The molecular formula is C10H9NO. The fourth-order valence-corrected chi connectivity index (χ4v) is 0.899. The Morgan fingerprint density at radius 2 is 2.08 bits per heavy atom. The summed E-state index contributed by atoms with van der Waals surface area (Å²) in [5.74, 6) is 0. The van der Waals surface area contributed by atoms with Crippen LogP contribution < -0.4 is 0 Å². The Morgan fingerprint density at radius 3 is 2.67 bits per heavy atom. The summed E-state index contributed by atoms with van der Waals surface area (Å²) >= 11 is 0. The summed E-state index contributed by atoms with van der Waals surface area (Å²) < 4.78 is 0. The van der Waals surface area contributed by atoms with Gasteiger partial charge < -0.3 is 0 Å². The van der Waals surface area contributed by atoms with Crippen LogP contribution in [0, 0.1) is 0 Å². The number of hydrogen-bond acceptors (Lipinski definition) is 2. The molecule has 0 fully saturated rings. The molecule has 0 bridgehead atoms. The van der Waals surface area contributed by atoms with Crippen molar-refractivity contribution in [1.29, 1.82) is 0 Å². The monoisotopic (exact) mass is 159 g/mol. The fourth-order valence-electron chi connectivity index (χ4n) is 0.899. The highest BCUT2D eigenvalue weighted by molar-refractivity contribution is 5.63. The Bertz CT molecular complexity index is 321. The van der Waals surface area contributed by atoms with Gasteiger partial charge in [0, 0.05) is 6.20 Å². The van der Waals surface area contributed by atoms with E-state index >= 15 is 0 Å². The lowest BCUT2D eigenvalue weighted by Crippen LogP contribution is -1.75. The molecular weight excluding hydrogens is 150 g/mol. The van der Waals surface area contributed by atoms with E-state index in [1.807, 2.05) is 37.3 Å². The lowest BCUT2D eigenvalue weighted by Gasteiger charge is -1.96. The Kier molecular flexibility index (Phi) is 3.00. The third kappa shape index (κ3) is 2.19. The highest BCUT2D eigenvalue weighted by atomic mass is 16.1. The van der Waals surface area contributed by atoms with E-state index in [1.165, 1.54) is 12.3 Å². The molecule has 1 aromatic carbocycles. The number of hydrogen-bond donors (Lipinski definition) is 0. The molecule has 0 aliphatic carbocycles. The van der Waals surface area contributed by atoms with E-state index in [1.54, 1.807) is 0 Å². The summed E-state index contributed by atoms with van der Waals surface area (Å²) in [6, 6.07) is 9.76. The second kappa shape index (κ2) is 4.27. The summed E-state index contributed by atoms with van der Waals surface area (Å²) in [6.45, 7) is 1.90. The second-order valence-electron chi connectivity index (χ2n) is 2.40. The summed E-state index contributed by atoms with van der Waals surface area (Å²) in [7, 11) is 0. The Morgan fingerprint density at radius 1 is 1.42 bits per heavy atom. The predicted octanol–water partition coefficient (Wildman–Crippen LogP) is 2.38. The number of isocyanates is 1. The van der Waals surface area contributed by atoms with Crippen molar-refractivity contribution in [3.8, 4) is 0 Å². The van der Waals surface area contributed by atoms with E-state index in [9.17, 15) is 4.79 Å². The van der Waals surface area contributed by atoms with E-state index in [2.05, 4.69) is 4.99 Å². The molecule has 0 heterocycles. The first-order chi connectivity index (χ1) is 5.84. The summed E-state index contributed by atoms with van der Waals surface area (Å²) in [5.41, 5.74) is 2.02. The van der Waals surface area contributed by atoms with Gasteiger partial charge in [-0.2, -0.15) is 4.99 Å². The number of carbonyl (C=O) groups excluding carboxylic acids is 1. The van der Waals surface area contributed by atoms with Crippen LogP contribution in [0.15, 0.2) is 41.5 Å². The van der Waals surface area contributed by atoms with E-state index in [0.29, 0.717) is 0 Å². The van der Waals surface area contributed by atoms with Crippen molar-refractivity contribution in [2.24, 2.45) is 4.99 Å². The third-order valence-corrected chi connectivity index (χ3v) is 1.54. The van der Waals surface area contributed by atoms with Gasteiger partial charge in [0.2, 0.25) is 6.08 Å². The van der Waals surface area contributed by atoms with E-state index in [4.69, 9.17) is 0 Å². The largest absolute Gasteiger partial charge is 0.239 e. The molecule has 1 rings (SSSR count). The van der Waals surface area contributed by atoms with E-state index < -0.39 is 0 Å². The van der Waals surface area contributed by atoms with Crippen LogP contribution in [-0.2, 0) is 4.79 Å². The van der Waals surface area contributed by atoms with Gasteiger partial charge in [-0.3, -0.25) is 0 Å². The zero-order valence-corrected chi connectivity index (χ0v) is 6.82. The van der Waals surface area contributed by atoms with Gasteiger partial charge in [0.25, 0.3) is 0 Å². The fraction of sp³-hybridized carbons (Fsp3) is 0.100. The molecule has 0 saturated carbocycles. The molecule has 0 aliphatic heterocycles. The molecule has 0 aliphatic rings. The molecule has 12 heavy (non-hydrogen) atoms. The van der Waals surface area contributed by atoms with Crippen molar-refractivity contribution in [1.82, 2.24) is 0 Å². The molecule has 0 amide bonds. The lowest BCUT2D eigenvalue weighted by atomic mass is 10.1. The van der Waals surface area contributed by atoms with E-state index in [0.717, 1.165) is 11.1 Å². The van der Waals surface area contributed by atoms with Crippen LogP contribution in [0.2, 0.25) is 0 Å².